The lowest BCUT2D eigenvalue weighted by molar-refractivity contribution is -0.991. The number of carbonyl (C=O) groups is 2. The number of anilines is 1. The number of fused-ring (bicyclic) bond motifs is 5. The van der Waals surface area contributed by atoms with Gasteiger partial charge in [-0.05, 0) is 37.1 Å². The van der Waals surface area contributed by atoms with E-state index in [9.17, 15) is 14.8 Å². The number of H-pyrrole nitrogens is 1. The van der Waals surface area contributed by atoms with Crippen molar-refractivity contribution < 1.29 is 20.0 Å². The molecule has 3 N–H and O–H groups in total. The van der Waals surface area contributed by atoms with Crippen molar-refractivity contribution in [1.29, 1.82) is 0 Å². The molecule has 2 aliphatic heterocycles. The molecule has 0 bridgehead atoms. The average Bonchev–Trinajstić information content (AvgIpc) is 3.17. The molecule has 2 atom stereocenters. The molecule has 3 amide bonds. The summed E-state index contributed by atoms with van der Waals surface area (Å²) in [7, 11) is 0. The molecule has 1 aromatic heterocycles. The summed E-state index contributed by atoms with van der Waals surface area (Å²) in [5, 5.41) is 20.2. The number of benzene rings is 2. The fraction of sp³-hybridized carbons (Fsp3) is 0.200. The number of carbonyl (C=O) groups excluding carboxylic acids is 2. The van der Waals surface area contributed by atoms with Gasteiger partial charge >= 0.3 is 6.03 Å². The van der Waals surface area contributed by atoms with E-state index in [-0.39, 0.29) is 17.6 Å². The van der Waals surface area contributed by atoms with Gasteiger partial charge in [0.25, 0.3) is 5.91 Å². The maximum atomic E-state index is 13.5. The van der Waals surface area contributed by atoms with Crippen molar-refractivity contribution in [2.45, 2.75) is 18.9 Å². The van der Waals surface area contributed by atoms with Crippen LogP contribution in [0.1, 0.15) is 18.2 Å². The van der Waals surface area contributed by atoms with E-state index in [0.717, 1.165) is 27.1 Å². The van der Waals surface area contributed by atoms with Crippen LogP contribution in [0.15, 0.2) is 48.5 Å². The zero-order valence-corrected chi connectivity index (χ0v) is 15.1. The Bertz CT molecular complexity index is 1120. The van der Waals surface area contributed by atoms with Gasteiger partial charge in [0.1, 0.15) is 0 Å². The predicted molar refractivity (Wildman–Crippen MR) is 101 cm³/mol. The minimum Gasteiger partial charge on any atom is -0.595 e. The Morgan fingerprint density at radius 2 is 1.86 bits per heavy atom. The summed E-state index contributed by atoms with van der Waals surface area (Å²) in [6, 6.07) is 13.3. The lowest BCUT2D eigenvalue weighted by atomic mass is 9.87. The van der Waals surface area contributed by atoms with Gasteiger partial charge in [-0.1, -0.05) is 18.2 Å². The van der Waals surface area contributed by atoms with Gasteiger partial charge in [-0.3, -0.25) is 4.79 Å². The molecule has 2 unspecified atom stereocenters. The van der Waals surface area contributed by atoms with Crippen molar-refractivity contribution in [1.82, 2.24) is 9.88 Å². The van der Waals surface area contributed by atoms with Gasteiger partial charge in [-0.2, -0.15) is 5.23 Å². The quantitative estimate of drug-likeness (QED) is 0.467. The molecule has 2 aromatic carbocycles. The first-order chi connectivity index (χ1) is 13.4. The van der Waals surface area contributed by atoms with Crippen molar-refractivity contribution >= 4 is 34.2 Å². The number of hydrogen-bond acceptors (Lipinski definition) is 4. The molecule has 0 aliphatic carbocycles. The van der Waals surface area contributed by atoms with Gasteiger partial charge in [0.15, 0.2) is 11.2 Å². The minimum absolute atomic E-state index is 0.102. The zero-order chi connectivity index (χ0) is 19.6. The number of hydrogen-bond donors (Lipinski definition) is 3. The van der Waals surface area contributed by atoms with Gasteiger partial charge in [-0.25, -0.2) is 14.9 Å². The maximum Gasteiger partial charge on any atom is 0.332 e. The fourth-order valence-electron chi connectivity index (χ4n) is 4.37. The number of urea groups is 1. The molecule has 142 valence electrons. The van der Waals surface area contributed by atoms with Gasteiger partial charge in [-0.15, -0.1) is 0 Å². The summed E-state index contributed by atoms with van der Waals surface area (Å²) in [4.78, 5) is 32.7. The predicted octanol–water partition coefficient (Wildman–Crippen LogP) is 1.81. The summed E-state index contributed by atoms with van der Waals surface area (Å²) in [6.07, 6.45) is 0.666. The molecule has 2 aliphatic rings. The second-order valence-corrected chi connectivity index (χ2v) is 7.27. The standard InChI is InChI=1S/C20H18N4O4/c1-20-17-15(14-4-2-3-5-16(14)21-17)10-11-22(20)19(26)23(18(20)25)12-6-8-13(9-7-12)24(27)28/h2-9,21,24,27H,10-11H2,1H3. The normalized spacial score (nSPS) is 22.5. The van der Waals surface area contributed by atoms with Crippen LogP contribution in [0.3, 0.4) is 0 Å². The third-order valence-electron chi connectivity index (χ3n) is 5.84. The van der Waals surface area contributed by atoms with Crippen molar-refractivity contribution in [2.75, 3.05) is 11.4 Å². The number of aromatic nitrogens is 1. The van der Waals surface area contributed by atoms with E-state index in [1.807, 2.05) is 24.3 Å². The largest absolute Gasteiger partial charge is 0.595 e. The van der Waals surface area contributed by atoms with Crippen LogP contribution >= 0.6 is 0 Å². The lowest BCUT2D eigenvalue weighted by Gasteiger charge is -2.35. The average molecular weight is 378 g/mol. The Morgan fingerprint density at radius 3 is 2.57 bits per heavy atom. The molecule has 0 radical (unpaired) electrons. The highest BCUT2D eigenvalue weighted by atomic mass is 16.8. The second kappa shape index (κ2) is 5.65. The summed E-state index contributed by atoms with van der Waals surface area (Å²) < 4.78 is 0. The van der Waals surface area contributed by atoms with E-state index in [0.29, 0.717) is 18.7 Å². The smallest absolute Gasteiger partial charge is 0.332 e. The third-order valence-corrected chi connectivity index (χ3v) is 5.84. The highest BCUT2D eigenvalue weighted by Crippen LogP contribution is 2.45. The molecule has 1 fully saturated rings. The van der Waals surface area contributed by atoms with Gasteiger partial charge < -0.3 is 15.1 Å². The summed E-state index contributed by atoms with van der Waals surface area (Å²) >= 11 is 0. The lowest BCUT2D eigenvalue weighted by Crippen LogP contribution is -2.99. The molecular weight excluding hydrogens is 360 g/mol. The van der Waals surface area contributed by atoms with Gasteiger partial charge in [0.2, 0.25) is 0 Å². The van der Waals surface area contributed by atoms with E-state index in [1.54, 1.807) is 11.8 Å². The van der Waals surface area contributed by atoms with Crippen LogP contribution in [0, 0.1) is 5.21 Å². The van der Waals surface area contributed by atoms with Gasteiger partial charge in [0, 0.05) is 29.6 Å². The molecule has 28 heavy (non-hydrogen) atoms. The monoisotopic (exact) mass is 378 g/mol. The van der Waals surface area contributed by atoms with Crippen LogP contribution in [-0.4, -0.2) is 33.6 Å². The maximum absolute atomic E-state index is 13.5. The number of para-hydroxylation sites is 1. The van der Waals surface area contributed by atoms with Crippen molar-refractivity contribution in [3.63, 3.8) is 0 Å². The van der Waals surface area contributed by atoms with Crippen LogP contribution in [0.2, 0.25) is 0 Å². The van der Waals surface area contributed by atoms with Crippen LogP contribution in [0.4, 0.5) is 16.2 Å². The molecule has 3 aromatic rings. The molecular formula is C20H18N4O4. The van der Waals surface area contributed by atoms with Gasteiger partial charge in [0.05, 0.1) is 11.4 Å². The summed E-state index contributed by atoms with van der Waals surface area (Å²) in [5.74, 6) is -0.340. The SMILES string of the molecule is CC12C(=O)N(c3ccc([NH+]([O-])O)cc3)C(=O)N1CCc1c2[nH]c2ccccc12. The highest BCUT2D eigenvalue weighted by Gasteiger charge is 2.58. The Balaban J connectivity index is 1.62. The van der Waals surface area contributed by atoms with Crippen molar-refractivity contribution in [3.05, 3.63) is 65.0 Å². The van der Waals surface area contributed by atoms with Crippen LogP contribution < -0.4 is 10.1 Å². The van der Waals surface area contributed by atoms with Crippen LogP contribution in [-0.2, 0) is 16.8 Å². The summed E-state index contributed by atoms with van der Waals surface area (Å²) in [5.41, 5.74) is 2.12. The molecule has 1 saturated heterocycles. The molecule has 0 saturated carbocycles. The number of aromatic amines is 1. The van der Waals surface area contributed by atoms with Crippen LogP contribution in [0.5, 0.6) is 0 Å². The van der Waals surface area contributed by atoms with E-state index < -0.39 is 10.8 Å². The number of rotatable bonds is 2. The molecule has 3 heterocycles. The zero-order valence-electron chi connectivity index (χ0n) is 15.1. The fourth-order valence-corrected chi connectivity index (χ4v) is 4.37. The Kier molecular flexibility index (Phi) is 3.42. The summed E-state index contributed by atoms with van der Waals surface area (Å²) in [6.45, 7) is 2.21. The topological polar surface area (TPSA) is 104 Å². The molecule has 8 heteroatoms. The first-order valence-corrected chi connectivity index (χ1v) is 9.02. The second-order valence-electron chi connectivity index (χ2n) is 7.27. The Hall–Kier alpha value is -3.20. The van der Waals surface area contributed by atoms with E-state index >= 15 is 0 Å². The Morgan fingerprint density at radius 1 is 1.14 bits per heavy atom. The number of quaternary nitrogens is 1. The van der Waals surface area contributed by atoms with Crippen LogP contribution in [0.25, 0.3) is 10.9 Å². The van der Waals surface area contributed by atoms with E-state index in [4.69, 9.17) is 5.21 Å². The number of nitrogens with one attached hydrogen (secondary N) is 2. The van der Waals surface area contributed by atoms with E-state index in [2.05, 4.69) is 4.98 Å². The highest BCUT2D eigenvalue weighted by molar-refractivity contribution is 6.23. The Labute approximate surface area is 160 Å². The van der Waals surface area contributed by atoms with E-state index in [1.165, 1.54) is 24.3 Å². The minimum atomic E-state index is -1.12. The number of nitrogens with zero attached hydrogens (tertiary/aromatic N) is 2. The number of amides is 3. The molecule has 5 rings (SSSR count). The third kappa shape index (κ3) is 2.04. The van der Waals surface area contributed by atoms with Crippen molar-refractivity contribution in [2.24, 2.45) is 0 Å². The first-order valence-electron chi connectivity index (χ1n) is 9.02. The number of imide groups is 1. The molecule has 0 spiro atoms. The van der Waals surface area contributed by atoms with Crippen molar-refractivity contribution in [3.8, 4) is 0 Å². The molecule has 8 nitrogen and oxygen atoms in total. The first kappa shape index (κ1) is 16.9.